The van der Waals surface area contributed by atoms with Crippen molar-refractivity contribution in [2.24, 2.45) is 10.9 Å². The molecule has 1 unspecified atom stereocenters. The first-order valence-electron chi connectivity index (χ1n) is 5.56. The maximum absolute atomic E-state index is 8.38. The Bertz CT molecular complexity index is 209. The summed E-state index contributed by atoms with van der Waals surface area (Å²) in [6, 6.07) is 0. The van der Waals surface area contributed by atoms with E-state index in [0.29, 0.717) is 18.4 Å². The molecule has 1 atom stereocenters. The third-order valence-electron chi connectivity index (χ3n) is 2.71. The topological polar surface area (TPSA) is 71.1 Å². The molecule has 5 nitrogen and oxygen atoms in total. The minimum Gasteiger partial charge on any atom is -0.409 e. The van der Waals surface area contributed by atoms with Crippen LogP contribution in [0.15, 0.2) is 5.16 Å². The van der Waals surface area contributed by atoms with Gasteiger partial charge >= 0.3 is 0 Å². The van der Waals surface area contributed by atoms with Crippen LogP contribution in [0.2, 0.25) is 0 Å². The number of nitrogens with two attached hydrogens (primary N) is 1. The van der Waals surface area contributed by atoms with E-state index in [2.05, 4.69) is 17.0 Å². The van der Waals surface area contributed by atoms with Crippen molar-refractivity contribution in [1.82, 2.24) is 4.90 Å². The van der Waals surface area contributed by atoms with E-state index < -0.39 is 0 Å². The second-order valence-corrected chi connectivity index (χ2v) is 3.90. The van der Waals surface area contributed by atoms with Crippen molar-refractivity contribution in [2.45, 2.75) is 32.3 Å². The van der Waals surface area contributed by atoms with Crippen LogP contribution in [0, 0.1) is 0 Å². The molecule has 1 rings (SSSR count). The van der Waals surface area contributed by atoms with Crippen LogP contribution in [0.3, 0.4) is 0 Å². The lowest BCUT2D eigenvalue weighted by Crippen LogP contribution is -2.42. The normalized spacial score (nSPS) is 24.3. The molecule has 0 aliphatic carbocycles. The van der Waals surface area contributed by atoms with Gasteiger partial charge in [-0.3, -0.25) is 4.90 Å². The minimum atomic E-state index is 0.315. The molecule has 3 N–H and O–H groups in total. The maximum atomic E-state index is 8.38. The molecule has 1 fully saturated rings. The summed E-state index contributed by atoms with van der Waals surface area (Å²) in [6.07, 6.45) is 3.04. The summed E-state index contributed by atoms with van der Waals surface area (Å²) < 4.78 is 5.58. The number of hydrogen-bond donors (Lipinski definition) is 2. The van der Waals surface area contributed by atoms with Gasteiger partial charge in [0, 0.05) is 19.5 Å². The Kier molecular flexibility index (Phi) is 5.42. The van der Waals surface area contributed by atoms with Crippen molar-refractivity contribution in [3.63, 3.8) is 0 Å². The van der Waals surface area contributed by atoms with Crippen molar-refractivity contribution >= 4 is 5.84 Å². The van der Waals surface area contributed by atoms with Gasteiger partial charge in [-0.05, 0) is 19.4 Å². The van der Waals surface area contributed by atoms with Crippen molar-refractivity contribution in [3.8, 4) is 0 Å². The van der Waals surface area contributed by atoms with Gasteiger partial charge in [-0.15, -0.1) is 0 Å². The summed E-state index contributed by atoms with van der Waals surface area (Å²) in [6.45, 7) is 5.96. The molecule has 15 heavy (non-hydrogen) atoms. The highest BCUT2D eigenvalue weighted by molar-refractivity contribution is 5.79. The number of hydrogen-bond acceptors (Lipinski definition) is 4. The Balaban J connectivity index is 2.15. The zero-order chi connectivity index (χ0) is 11.1. The van der Waals surface area contributed by atoms with Crippen molar-refractivity contribution in [1.29, 1.82) is 0 Å². The van der Waals surface area contributed by atoms with E-state index in [1.165, 1.54) is 0 Å². The number of oxime groups is 1. The number of ether oxygens (including phenoxy) is 1. The molecule has 0 aromatic carbocycles. The molecule has 1 saturated heterocycles. The predicted molar refractivity (Wildman–Crippen MR) is 59.1 cm³/mol. The van der Waals surface area contributed by atoms with E-state index in [4.69, 9.17) is 15.7 Å². The molecular weight excluding hydrogens is 194 g/mol. The fraction of sp³-hybridized carbons (Fsp3) is 0.900. The molecule has 1 heterocycles. The van der Waals surface area contributed by atoms with Gasteiger partial charge in [0.15, 0.2) is 0 Å². The molecule has 1 aliphatic heterocycles. The summed E-state index contributed by atoms with van der Waals surface area (Å²) in [7, 11) is 0. The SMILES string of the molecule is CCC1CN(CCC/C(N)=N/O)CCO1. The van der Waals surface area contributed by atoms with Crippen LogP contribution >= 0.6 is 0 Å². The smallest absolute Gasteiger partial charge is 0.139 e. The molecular formula is C10H21N3O2. The summed E-state index contributed by atoms with van der Waals surface area (Å²) in [5.41, 5.74) is 5.40. The number of nitrogens with zero attached hydrogens (tertiary/aromatic N) is 2. The molecule has 0 aromatic heterocycles. The van der Waals surface area contributed by atoms with Crippen LogP contribution in [0.25, 0.3) is 0 Å². The highest BCUT2D eigenvalue weighted by Gasteiger charge is 2.18. The Hall–Kier alpha value is -0.810. The largest absolute Gasteiger partial charge is 0.409 e. The van der Waals surface area contributed by atoms with E-state index in [0.717, 1.165) is 39.1 Å². The van der Waals surface area contributed by atoms with E-state index >= 15 is 0 Å². The third kappa shape index (κ3) is 4.48. The fourth-order valence-electron chi connectivity index (χ4n) is 1.76. The molecule has 1 aliphatic rings. The fourth-order valence-corrected chi connectivity index (χ4v) is 1.76. The summed E-state index contributed by atoms with van der Waals surface area (Å²) in [5.74, 6) is 0.315. The Morgan fingerprint density at radius 1 is 1.67 bits per heavy atom. The lowest BCUT2D eigenvalue weighted by Gasteiger charge is -2.32. The number of amidine groups is 1. The van der Waals surface area contributed by atoms with Gasteiger partial charge in [-0.1, -0.05) is 12.1 Å². The standard InChI is InChI=1S/C10H21N3O2/c1-2-9-8-13(6-7-15-9)5-3-4-10(11)12-14/h9,14H,2-8H2,1H3,(H2,11,12). The molecule has 0 radical (unpaired) electrons. The van der Waals surface area contributed by atoms with Gasteiger partial charge in [0.1, 0.15) is 5.84 Å². The van der Waals surface area contributed by atoms with Crippen LogP contribution in [0.1, 0.15) is 26.2 Å². The van der Waals surface area contributed by atoms with E-state index in [9.17, 15) is 0 Å². The van der Waals surface area contributed by atoms with Gasteiger partial charge in [-0.25, -0.2) is 0 Å². The van der Waals surface area contributed by atoms with Gasteiger partial charge in [0.05, 0.1) is 12.7 Å². The molecule has 88 valence electrons. The molecule has 0 bridgehead atoms. The molecule has 0 saturated carbocycles. The van der Waals surface area contributed by atoms with Crippen molar-refractivity contribution < 1.29 is 9.94 Å². The first kappa shape index (κ1) is 12.3. The Morgan fingerprint density at radius 3 is 3.13 bits per heavy atom. The van der Waals surface area contributed by atoms with Gasteiger partial charge in [0.2, 0.25) is 0 Å². The van der Waals surface area contributed by atoms with Crippen LogP contribution in [0.4, 0.5) is 0 Å². The third-order valence-corrected chi connectivity index (χ3v) is 2.71. The van der Waals surface area contributed by atoms with Gasteiger partial charge < -0.3 is 15.7 Å². The number of rotatable bonds is 5. The van der Waals surface area contributed by atoms with E-state index in [1.807, 2.05) is 0 Å². The molecule has 0 spiro atoms. The Labute approximate surface area is 90.9 Å². The molecule has 0 amide bonds. The first-order valence-corrected chi connectivity index (χ1v) is 5.56. The maximum Gasteiger partial charge on any atom is 0.139 e. The quantitative estimate of drug-likeness (QED) is 0.305. The van der Waals surface area contributed by atoms with Crippen molar-refractivity contribution in [3.05, 3.63) is 0 Å². The number of morpholine rings is 1. The highest BCUT2D eigenvalue weighted by Crippen LogP contribution is 2.08. The zero-order valence-electron chi connectivity index (χ0n) is 9.35. The minimum absolute atomic E-state index is 0.315. The van der Waals surface area contributed by atoms with Crippen molar-refractivity contribution in [2.75, 3.05) is 26.2 Å². The second kappa shape index (κ2) is 6.63. The van der Waals surface area contributed by atoms with Crippen LogP contribution in [-0.4, -0.2) is 48.3 Å². The van der Waals surface area contributed by atoms with Crippen LogP contribution in [-0.2, 0) is 4.74 Å². The van der Waals surface area contributed by atoms with Gasteiger partial charge in [-0.2, -0.15) is 0 Å². The second-order valence-electron chi connectivity index (χ2n) is 3.90. The lowest BCUT2D eigenvalue weighted by atomic mass is 10.2. The predicted octanol–water partition coefficient (Wildman–Crippen LogP) is 0.624. The van der Waals surface area contributed by atoms with E-state index in [-0.39, 0.29) is 0 Å². The molecule has 5 heteroatoms. The average molecular weight is 215 g/mol. The van der Waals surface area contributed by atoms with Crippen LogP contribution in [0.5, 0.6) is 0 Å². The summed E-state index contributed by atoms with van der Waals surface area (Å²) in [5, 5.41) is 11.3. The zero-order valence-corrected chi connectivity index (χ0v) is 9.35. The van der Waals surface area contributed by atoms with Gasteiger partial charge in [0.25, 0.3) is 0 Å². The first-order chi connectivity index (χ1) is 7.26. The average Bonchev–Trinajstić information content (AvgIpc) is 2.29. The van der Waals surface area contributed by atoms with E-state index in [1.54, 1.807) is 0 Å². The van der Waals surface area contributed by atoms with Crippen LogP contribution < -0.4 is 5.73 Å². The molecule has 0 aromatic rings. The lowest BCUT2D eigenvalue weighted by molar-refractivity contribution is -0.0296. The summed E-state index contributed by atoms with van der Waals surface area (Å²) in [4.78, 5) is 2.38. The highest BCUT2D eigenvalue weighted by atomic mass is 16.5. The summed E-state index contributed by atoms with van der Waals surface area (Å²) >= 11 is 0. The monoisotopic (exact) mass is 215 g/mol. The Morgan fingerprint density at radius 2 is 2.47 bits per heavy atom.